The van der Waals surface area contributed by atoms with E-state index >= 15 is 0 Å². The minimum absolute atomic E-state index is 0.0116. The first-order valence-corrected chi connectivity index (χ1v) is 8.42. The molecule has 1 saturated heterocycles. The molecular weight excluding hydrogens is 298 g/mol. The van der Waals surface area contributed by atoms with Gasteiger partial charge in [-0.05, 0) is 46.5 Å². The van der Waals surface area contributed by atoms with Crippen molar-refractivity contribution < 1.29 is 19.1 Å². The van der Waals surface area contributed by atoms with Crippen molar-refractivity contribution in [3.8, 4) is 0 Å². The molecule has 0 aromatic heterocycles. The van der Waals surface area contributed by atoms with Gasteiger partial charge in [0, 0.05) is 25.2 Å². The number of carbonyl (C=O) groups is 3. The summed E-state index contributed by atoms with van der Waals surface area (Å²) >= 11 is 0. The van der Waals surface area contributed by atoms with E-state index in [4.69, 9.17) is 4.74 Å². The molecule has 0 aromatic carbocycles. The van der Waals surface area contributed by atoms with Crippen LogP contribution in [0.15, 0.2) is 0 Å². The second-order valence-electron chi connectivity index (χ2n) is 6.64. The van der Waals surface area contributed by atoms with Gasteiger partial charge in [0.05, 0.1) is 6.61 Å². The van der Waals surface area contributed by atoms with E-state index in [2.05, 4.69) is 10.6 Å². The van der Waals surface area contributed by atoms with Gasteiger partial charge in [-0.2, -0.15) is 0 Å². The van der Waals surface area contributed by atoms with Gasteiger partial charge in [0.25, 0.3) is 0 Å². The zero-order valence-corrected chi connectivity index (χ0v) is 14.2. The zero-order chi connectivity index (χ0) is 17.0. The highest BCUT2D eigenvalue weighted by Gasteiger charge is 2.56. The van der Waals surface area contributed by atoms with Crippen LogP contribution in [0, 0.1) is 5.41 Å². The van der Waals surface area contributed by atoms with Crippen LogP contribution in [0.2, 0.25) is 0 Å². The van der Waals surface area contributed by atoms with Crippen LogP contribution in [0.1, 0.15) is 46.5 Å². The third-order valence-electron chi connectivity index (χ3n) is 4.40. The maximum atomic E-state index is 12.5. The maximum Gasteiger partial charge on any atom is 0.409 e. The number of nitrogens with one attached hydrogen (secondary N) is 2. The van der Waals surface area contributed by atoms with Gasteiger partial charge in [-0.1, -0.05) is 0 Å². The normalized spacial score (nSPS) is 20.1. The van der Waals surface area contributed by atoms with Crippen molar-refractivity contribution in [1.82, 2.24) is 15.5 Å². The van der Waals surface area contributed by atoms with Crippen LogP contribution in [0.3, 0.4) is 0 Å². The fraction of sp³-hybridized carbons (Fsp3) is 0.812. The molecule has 2 N–H and O–H groups in total. The van der Waals surface area contributed by atoms with Crippen LogP contribution in [-0.2, 0) is 14.3 Å². The van der Waals surface area contributed by atoms with Crippen molar-refractivity contribution in [2.24, 2.45) is 5.41 Å². The van der Waals surface area contributed by atoms with Crippen LogP contribution in [-0.4, -0.2) is 54.6 Å². The number of hydrogen-bond acceptors (Lipinski definition) is 4. The summed E-state index contributed by atoms with van der Waals surface area (Å²) in [5.41, 5.74) is -0.872. The summed E-state index contributed by atoms with van der Waals surface area (Å²) in [7, 11) is 0. The number of rotatable bonds is 5. The molecule has 0 bridgehead atoms. The number of nitrogens with zero attached hydrogens (tertiary/aromatic N) is 1. The summed E-state index contributed by atoms with van der Waals surface area (Å²) < 4.78 is 4.98. The molecule has 130 valence electrons. The molecule has 7 heteroatoms. The summed E-state index contributed by atoms with van der Waals surface area (Å²) in [4.78, 5) is 38.0. The minimum atomic E-state index is -0.872. The molecule has 2 aliphatic rings. The van der Waals surface area contributed by atoms with E-state index in [9.17, 15) is 14.4 Å². The Morgan fingerprint density at radius 3 is 2.26 bits per heavy atom. The number of likely N-dealkylation sites (tertiary alicyclic amines) is 1. The van der Waals surface area contributed by atoms with E-state index in [0.717, 1.165) is 0 Å². The Bertz CT molecular complexity index is 466. The lowest BCUT2D eigenvalue weighted by Crippen LogP contribution is -2.51. The van der Waals surface area contributed by atoms with E-state index in [1.54, 1.807) is 11.8 Å². The third kappa shape index (κ3) is 4.14. The Balaban J connectivity index is 1.81. The quantitative estimate of drug-likeness (QED) is 0.739. The van der Waals surface area contributed by atoms with E-state index in [1.807, 2.05) is 13.8 Å². The molecule has 1 aliphatic carbocycles. The highest BCUT2D eigenvalue weighted by molar-refractivity contribution is 6.08. The lowest BCUT2D eigenvalue weighted by atomic mass is 10.0. The fourth-order valence-electron chi connectivity index (χ4n) is 2.83. The van der Waals surface area contributed by atoms with Gasteiger partial charge in [0.2, 0.25) is 11.8 Å². The molecule has 0 radical (unpaired) electrons. The van der Waals surface area contributed by atoms with E-state index in [1.165, 1.54) is 0 Å². The molecule has 0 spiro atoms. The molecule has 0 aromatic rings. The molecule has 2 rings (SSSR count). The number of piperidine rings is 1. The lowest BCUT2D eigenvalue weighted by molar-refractivity contribution is -0.138. The summed E-state index contributed by atoms with van der Waals surface area (Å²) in [6, 6.07) is 0.0399. The van der Waals surface area contributed by atoms with Crippen molar-refractivity contribution in [2.45, 2.75) is 58.5 Å². The Kier molecular flexibility index (Phi) is 5.49. The highest BCUT2D eigenvalue weighted by atomic mass is 16.6. The molecule has 1 aliphatic heterocycles. The Morgan fingerprint density at radius 1 is 1.17 bits per heavy atom. The van der Waals surface area contributed by atoms with Crippen LogP contribution >= 0.6 is 0 Å². The third-order valence-corrected chi connectivity index (χ3v) is 4.40. The molecular formula is C16H27N3O4. The smallest absolute Gasteiger partial charge is 0.409 e. The highest BCUT2D eigenvalue weighted by Crippen LogP contribution is 2.46. The average molecular weight is 325 g/mol. The summed E-state index contributed by atoms with van der Waals surface area (Å²) in [5.74, 6) is -0.348. The summed E-state index contributed by atoms with van der Waals surface area (Å²) in [5, 5.41) is 5.82. The van der Waals surface area contributed by atoms with Crippen LogP contribution < -0.4 is 10.6 Å². The van der Waals surface area contributed by atoms with Crippen molar-refractivity contribution in [2.75, 3.05) is 19.7 Å². The van der Waals surface area contributed by atoms with Gasteiger partial charge in [-0.3, -0.25) is 9.59 Å². The van der Waals surface area contributed by atoms with Crippen LogP contribution in [0.5, 0.6) is 0 Å². The Morgan fingerprint density at radius 2 is 1.78 bits per heavy atom. The van der Waals surface area contributed by atoms with E-state index in [0.29, 0.717) is 45.4 Å². The maximum absolute atomic E-state index is 12.5. The molecule has 23 heavy (non-hydrogen) atoms. The number of amides is 3. The predicted molar refractivity (Wildman–Crippen MR) is 84.7 cm³/mol. The van der Waals surface area contributed by atoms with Crippen LogP contribution in [0.4, 0.5) is 4.79 Å². The molecule has 1 heterocycles. The Labute approximate surface area is 137 Å². The van der Waals surface area contributed by atoms with Crippen molar-refractivity contribution >= 4 is 17.9 Å². The number of carbonyl (C=O) groups excluding carboxylic acids is 3. The molecule has 0 unspecified atom stereocenters. The number of ether oxygens (including phenoxy) is 1. The predicted octanol–water partition coefficient (Wildman–Crippen LogP) is 1.03. The van der Waals surface area contributed by atoms with Gasteiger partial charge < -0.3 is 20.3 Å². The average Bonchev–Trinajstić information content (AvgIpc) is 3.29. The van der Waals surface area contributed by atoms with Crippen molar-refractivity contribution in [3.63, 3.8) is 0 Å². The molecule has 0 atom stereocenters. The molecule has 7 nitrogen and oxygen atoms in total. The van der Waals surface area contributed by atoms with Crippen molar-refractivity contribution in [1.29, 1.82) is 0 Å². The van der Waals surface area contributed by atoms with E-state index < -0.39 is 5.41 Å². The van der Waals surface area contributed by atoms with Gasteiger partial charge in [-0.25, -0.2) is 4.79 Å². The van der Waals surface area contributed by atoms with Gasteiger partial charge in [-0.15, -0.1) is 0 Å². The van der Waals surface area contributed by atoms with Crippen LogP contribution in [0.25, 0.3) is 0 Å². The molecule has 1 saturated carbocycles. The Hall–Kier alpha value is -1.79. The van der Waals surface area contributed by atoms with Gasteiger partial charge in [0.1, 0.15) is 5.41 Å². The van der Waals surface area contributed by atoms with Gasteiger partial charge in [0.15, 0.2) is 0 Å². The first-order valence-electron chi connectivity index (χ1n) is 8.42. The zero-order valence-electron chi connectivity index (χ0n) is 14.2. The number of hydrogen-bond donors (Lipinski definition) is 2. The van der Waals surface area contributed by atoms with Gasteiger partial charge >= 0.3 is 6.09 Å². The summed E-state index contributed by atoms with van der Waals surface area (Å²) in [6.45, 7) is 7.04. The summed E-state index contributed by atoms with van der Waals surface area (Å²) in [6.07, 6.45) is 2.30. The lowest BCUT2D eigenvalue weighted by Gasteiger charge is -2.32. The SMILES string of the molecule is CCOC(=O)N1CCC(NC(=O)C2(C(=O)NC(C)C)CC2)CC1. The topological polar surface area (TPSA) is 87.7 Å². The van der Waals surface area contributed by atoms with E-state index in [-0.39, 0.29) is 30.0 Å². The molecule has 2 fully saturated rings. The monoisotopic (exact) mass is 325 g/mol. The largest absolute Gasteiger partial charge is 0.450 e. The van der Waals surface area contributed by atoms with Crippen molar-refractivity contribution in [3.05, 3.63) is 0 Å². The first kappa shape index (κ1) is 17.6. The second-order valence-corrected chi connectivity index (χ2v) is 6.64. The first-order chi connectivity index (χ1) is 10.9. The second kappa shape index (κ2) is 7.19. The standard InChI is InChI=1S/C16H27N3O4/c1-4-23-15(22)19-9-5-12(6-10-19)18-14(21)16(7-8-16)13(20)17-11(2)3/h11-12H,4-10H2,1-3H3,(H,17,20)(H,18,21). The minimum Gasteiger partial charge on any atom is -0.450 e. The fourth-order valence-corrected chi connectivity index (χ4v) is 2.83. The molecule has 3 amide bonds.